The molecule has 3 nitrogen and oxygen atoms in total. The van der Waals surface area contributed by atoms with Gasteiger partial charge in [0.2, 0.25) is 0 Å². The fraction of sp³-hybridized carbons (Fsp3) is 0. The largest absolute Gasteiger partial charge is 0.456 e. The van der Waals surface area contributed by atoms with E-state index in [9.17, 15) is 0 Å². The van der Waals surface area contributed by atoms with Gasteiger partial charge in [0.1, 0.15) is 11.2 Å². The van der Waals surface area contributed by atoms with Crippen LogP contribution >= 0.6 is 0 Å². The van der Waals surface area contributed by atoms with Crippen LogP contribution in [0.25, 0.3) is 76.9 Å². The standard InChI is InChI=1S/C62H42N2O/c1-3-18-47(19-4-1)61-55-27-10-9-17-46(55)37-39-58(61)64(54-38-36-43-16-7-8-20-48(43)42-54)53-26-14-22-50(41-53)45-34-32-44(33-35-45)49-21-13-25-52(40-49)63(51-23-5-2-6-24-51)57-29-15-31-60-62(57)56-28-11-12-30-59(56)65-60/h1-42H. The van der Waals surface area contributed by atoms with E-state index in [2.05, 4.69) is 252 Å². The van der Waals surface area contributed by atoms with E-state index in [1.165, 1.54) is 32.7 Å². The molecule has 0 spiro atoms. The number of benzene rings is 11. The summed E-state index contributed by atoms with van der Waals surface area (Å²) in [5, 5.41) is 7.05. The molecule has 12 rings (SSSR count). The summed E-state index contributed by atoms with van der Waals surface area (Å²) in [4.78, 5) is 4.77. The molecule has 0 atom stereocenters. The third kappa shape index (κ3) is 6.97. The highest BCUT2D eigenvalue weighted by molar-refractivity contribution is 6.13. The monoisotopic (exact) mass is 830 g/mol. The van der Waals surface area contributed by atoms with Crippen LogP contribution in [0.3, 0.4) is 0 Å². The molecule has 306 valence electrons. The van der Waals surface area contributed by atoms with Crippen molar-refractivity contribution in [1.82, 2.24) is 0 Å². The highest BCUT2D eigenvalue weighted by atomic mass is 16.3. The third-order valence-corrected chi connectivity index (χ3v) is 12.6. The number of hydrogen-bond donors (Lipinski definition) is 0. The van der Waals surface area contributed by atoms with Crippen molar-refractivity contribution in [2.24, 2.45) is 0 Å². The number of hydrogen-bond acceptors (Lipinski definition) is 3. The van der Waals surface area contributed by atoms with Crippen LogP contribution in [0.5, 0.6) is 0 Å². The van der Waals surface area contributed by atoms with Crippen LogP contribution in [0.15, 0.2) is 259 Å². The lowest BCUT2D eigenvalue weighted by Gasteiger charge is -2.29. The molecule has 0 aliphatic rings. The molecule has 0 fully saturated rings. The lowest BCUT2D eigenvalue weighted by Crippen LogP contribution is -2.11. The predicted molar refractivity (Wildman–Crippen MR) is 274 cm³/mol. The minimum atomic E-state index is 0.870. The molecule has 0 N–H and O–H groups in total. The van der Waals surface area contributed by atoms with Crippen molar-refractivity contribution < 1.29 is 4.42 Å². The Morgan fingerprint density at radius 3 is 1.49 bits per heavy atom. The maximum atomic E-state index is 6.35. The molecule has 65 heavy (non-hydrogen) atoms. The number of furan rings is 1. The maximum absolute atomic E-state index is 6.35. The first-order valence-corrected chi connectivity index (χ1v) is 22.2. The molecule has 0 aliphatic heterocycles. The summed E-state index contributed by atoms with van der Waals surface area (Å²) in [6.45, 7) is 0. The molecule has 0 unspecified atom stereocenters. The molecule has 3 heteroatoms. The number of rotatable bonds is 9. The molecule has 0 bridgehead atoms. The summed E-state index contributed by atoms with van der Waals surface area (Å²) in [5.74, 6) is 0. The van der Waals surface area contributed by atoms with Gasteiger partial charge in [-0.15, -0.1) is 0 Å². The second-order valence-corrected chi connectivity index (χ2v) is 16.5. The second kappa shape index (κ2) is 16.2. The third-order valence-electron chi connectivity index (χ3n) is 12.6. The van der Waals surface area contributed by atoms with E-state index < -0.39 is 0 Å². The number of fused-ring (bicyclic) bond motifs is 5. The normalized spacial score (nSPS) is 11.4. The summed E-state index contributed by atoms with van der Waals surface area (Å²) < 4.78 is 6.35. The molecule has 1 aromatic heterocycles. The van der Waals surface area contributed by atoms with Crippen molar-refractivity contribution in [3.05, 3.63) is 255 Å². The maximum Gasteiger partial charge on any atom is 0.137 e. The van der Waals surface area contributed by atoms with Crippen LogP contribution in [-0.4, -0.2) is 0 Å². The van der Waals surface area contributed by atoms with Crippen molar-refractivity contribution in [2.45, 2.75) is 0 Å². The summed E-state index contributed by atoms with van der Waals surface area (Å²) >= 11 is 0. The highest BCUT2D eigenvalue weighted by Gasteiger charge is 2.22. The van der Waals surface area contributed by atoms with Gasteiger partial charge in [-0.2, -0.15) is 0 Å². The fourth-order valence-corrected chi connectivity index (χ4v) is 9.55. The van der Waals surface area contributed by atoms with Gasteiger partial charge in [0.25, 0.3) is 0 Å². The summed E-state index contributed by atoms with van der Waals surface area (Å²) in [6.07, 6.45) is 0. The zero-order valence-corrected chi connectivity index (χ0v) is 35.6. The van der Waals surface area contributed by atoms with Gasteiger partial charge in [0.15, 0.2) is 0 Å². The van der Waals surface area contributed by atoms with E-state index >= 15 is 0 Å². The van der Waals surface area contributed by atoms with E-state index in [1.807, 2.05) is 12.1 Å². The van der Waals surface area contributed by atoms with Gasteiger partial charge in [-0.05, 0) is 122 Å². The SMILES string of the molecule is c1ccc(-c2c(N(c3cccc(-c4ccc(-c5cccc(N(c6ccccc6)c6cccc7oc8ccccc8c67)c5)cc4)c3)c3ccc4ccccc4c3)ccc3ccccc23)cc1. The Morgan fingerprint density at radius 2 is 0.769 bits per heavy atom. The molecule has 12 aromatic rings. The van der Waals surface area contributed by atoms with Gasteiger partial charge < -0.3 is 14.2 Å². The first kappa shape index (κ1) is 38.0. The first-order valence-electron chi connectivity index (χ1n) is 22.2. The Balaban J connectivity index is 0.943. The summed E-state index contributed by atoms with van der Waals surface area (Å²) in [5.41, 5.74) is 15.3. The lowest BCUT2D eigenvalue weighted by molar-refractivity contribution is 0.669. The van der Waals surface area contributed by atoms with Crippen LogP contribution in [0, 0.1) is 0 Å². The average molecular weight is 831 g/mol. The minimum absolute atomic E-state index is 0.870. The Hall–Kier alpha value is -8.66. The average Bonchev–Trinajstić information content (AvgIpc) is 3.77. The number of para-hydroxylation sites is 2. The summed E-state index contributed by atoms with van der Waals surface area (Å²) in [7, 11) is 0. The minimum Gasteiger partial charge on any atom is -0.456 e. The molecule has 0 saturated carbocycles. The molecule has 0 saturated heterocycles. The zero-order chi connectivity index (χ0) is 43.1. The predicted octanol–water partition coefficient (Wildman–Crippen LogP) is 17.8. The van der Waals surface area contributed by atoms with E-state index in [-0.39, 0.29) is 0 Å². The Bertz CT molecular complexity index is 3670. The fourth-order valence-electron chi connectivity index (χ4n) is 9.55. The number of anilines is 6. The molecule has 0 aliphatic carbocycles. The Morgan fingerprint density at radius 1 is 0.262 bits per heavy atom. The highest BCUT2D eigenvalue weighted by Crippen LogP contribution is 2.47. The summed E-state index contributed by atoms with van der Waals surface area (Å²) in [6, 6.07) is 91.4. The molecule has 1 heterocycles. The van der Waals surface area contributed by atoms with Crippen LogP contribution in [0.4, 0.5) is 34.1 Å². The Kier molecular flexibility index (Phi) is 9.50. The topological polar surface area (TPSA) is 19.6 Å². The Labute approximate surface area is 378 Å². The molecular formula is C62H42N2O. The van der Waals surface area contributed by atoms with Crippen molar-refractivity contribution in [3.8, 4) is 33.4 Å². The van der Waals surface area contributed by atoms with Gasteiger partial charge >= 0.3 is 0 Å². The van der Waals surface area contributed by atoms with Gasteiger partial charge in [-0.1, -0.05) is 182 Å². The van der Waals surface area contributed by atoms with Gasteiger partial charge in [-0.25, -0.2) is 0 Å². The van der Waals surface area contributed by atoms with Crippen molar-refractivity contribution in [1.29, 1.82) is 0 Å². The van der Waals surface area contributed by atoms with Gasteiger partial charge in [0.05, 0.1) is 16.8 Å². The van der Waals surface area contributed by atoms with Crippen LogP contribution in [0.2, 0.25) is 0 Å². The second-order valence-electron chi connectivity index (χ2n) is 16.5. The van der Waals surface area contributed by atoms with Crippen LogP contribution in [0.1, 0.15) is 0 Å². The first-order chi connectivity index (χ1) is 32.2. The molecule has 0 amide bonds. The number of nitrogens with zero attached hydrogens (tertiary/aromatic N) is 2. The van der Waals surface area contributed by atoms with Gasteiger partial charge in [0, 0.05) is 33.7 Å². The van der Waals surface area contributed by atoms with Crippen LogP contribution in [-0.2, 0) is 0 Å². The van der Waals surface area contributed by atoms with Gasteiger partial charge in [-0.3, -0.25) is 0 Å². The zero-order valence-electron chi connectivity index (χ0n) is 35.6. The van der Waals surface area contributed by atoms with E-state index in [1.54, 1.807) is 0 Å². The lowest BCUT2D eigenvalue weighted by atomic mass is 9.94. The smallest absolute Gasteiger partial charge is 0.137 e. The van der Waals surface area contributed by atoms with E-state index in [0.717, 1.165) is 78.3 Å². The van der Waals surface area contributed by atoms with E-state index in [4.69, 9.17) is 4.42 Å². The van der Waals surface area contributed by atoms with Crippen LogP contribution < -0.4 is 9.80 Å². The van der Waals surface area contributed by atoms with Crippen molar-refractivity contribution >= 4 is 77.6 Å². The quantitative estimate of drug-likeness (QED) is 0.144. The van der Waals surface area contributed by atoms with Crippen molar-refractivity contribution in [3.63, 3.8) is 0 Å². The van der Waals surface area contributed by atoms with Crippen molar-refractivity contribution in [2.75, 3.05) is 9.80 Å². The molecular weight excluding hydrogens is 789 g/mol. The molecule has 11 aromatic carbocycles. The molecule has 0 radical (unpaired) electrons. The van der Waals surface area contributed by atoms with E-state index in [0.29, 0.717) is 0 Å².